The number of anilines is 1. The van der Waals surface area contributed by atoms with Gasteiger partial charge in [0.1, 0.15) is 0 Å². The third-order valence-corrected chi connectivity index (χ3v) is 4.02. The molecule has 0 saturated carbocycles. The van der Waals surface area contributed by atoms with Gasteiger partial charge in [-0.1, -0.05) is 56.3 Å². The van der Waals surface area contributed by atoms with Gasteiger partial charge >= 0.3 is 0 Å². The fraction of sp³-hybridized carbons (Fsp3) is 0.350. The molecular weight excluding hydrogens is 284 g/mol. The molecule has 122 valence electrons. The molecule has 0 radical (unpaired) electrons. The molecule has 0 aliphatic heterocycles. The van der Waals surface area contributed by atoms with Crippen molar-refractivity contribution in [1.29, 1.82) is 0 Å². The number of carbonyl (C=O) groups is 1. The highest BCUT2D eigenvalue weighted by Crippen LogP contribution is 2.10. The van der Waals surface area contributed by atoms with E-state index in [0.717, 1.165) is 31.6 Å². The Kier molecular flexibility index (Phi) is 6.82. The molecule has 3 nitrogen and oxygen atoms in total. The van der Waals surface area contributed by atoms with E-state index < -0.39 is 0 Å². The van der Waals surface area contributed by atoms with Gasteiger partial charge in [-0.3, -0.25) is 9.69 Å². The van der Waals surface area contributed by atoms with Crippen LogP contribution in [0.4, 0.5) is 5.69 Å². The summed E-state index contributed by atoms with van der Waals surface area (Å²) in [5, 5.41) is 2.98. The van der Waals surface area contributed by atoms with E-state index in [1.54, 1.807) is 0 Å². The zero-order valence-corrected chi connectivity index (χ0v) is 14.1. The van der Waals surface area contributed by atoms with Crippen LogP contribution in [0.2, 0.25) is 0 Å². The van der Waals surface area contributed by atoms with E-state index in [0.29, 0.717) is 6.54 Å². The molecule has 1 N–H and O–H groups in total. The first-order chi connectivity index (χ1) is 11.2. The van der Waals surface area contributed by atoms with Crippen LogP contribution in [-0.2, 0) is 17.6 Å². The van der Waals surface area contributed by atoms with Gasteiger partial charge in [0, 0.05) is 12.2 Å². The van der Waals surface area contributed by atoms with Gasteiger partial charge in [-0.05, 0) is 42.6 Å². The maximum absolute atomic E-state index is 12.2. The van der Waals surface area contributed by atoms with Gasteiger partial charge in [0.25, 0.3) is 0 Å². The van der Waals surface area contributed by atoms with Crippen LogP contribution in [0, 0.1) is 0 Å². The van der Waals surface area contributed by atoms with E-state index in [-0.39, 0.29) is 5.91 Å². The van der Waals surface area contributed by atoms with Crippen LogP contribution in [0.15, 0.2) is 54.6 Å². The van der Waals surface area contributed by atoms with Gasteiger partial charge in [0.15, 0.2) is 0 Å². The number of amides is 1. The zero-order chi connectivity index (χ0) is 16.5. The lowest BCUT2D eigenvalue weighted by molar-refractivity contribution is -0.117. The Hall–Kier alpha value is -2.13. The maximum Gasteiger partial charge on any atom is 0.238 e. The molecule has 0 aliphatic carbocycles. The zero-order valence-electron chi connectivity index (χ0n) is 14.1. The van der Waals surface area contributed by atoms with E-state index in [9.17, 15) is 4.79 Å². The van der Waals surface area contributed by atoms with Gasteiger partial charge in [0.2, 0.25) is 5.91 Å². The second-order valence-corrected chi connectivity index (χ2v) is 5.70. The summed E-state index contributed by atoms with van der Waals surface area (Å²) in [6.07, 6.45) is 1.98. The minimum atomic E-state index is 0.0455. The first kappa shape index (κ1) is 17.2. The van der Waals surface area contributed by atoms with Crippen molar-refractivity contribution in [3.8, 4) is 0 Å². The van der Waals surface area contributed by atoms with Crippen molar-refractivity contribution in [1.82, 2.24) is 4.90 Å². The summed E-state index contributed by atoms with van der Waals surface area (Å²) in [4.78, 5) is 14.4. The molecule has 1 amide bonds. The van der Waals surface area contributed by atoms with Crippen molar-refractivity contribution < 1.29 is 4.79 Å². The first-order valence-corrected chi connectivity index (χ1v) is 8.36. The third kappa shape index (κ3) is 5.87. The Morgan fingerprint density at radius 3 is 2.26 bits per heavy atom. The van der Waals surface area contributed by atoms with Crippen LogP contribution in [0.1, 0.15) is 25.0 Å². The summed E-state index contributed by atoms with van der Waals surface area (Å²) in [6, 6.07) is 18.4. The van der Waals surface area contributed by atoms with Crippen molar-refractivity contribution in [2.45, 2.75) is 26.7 Å². The molecule has 0 atom stereocenters. The van der Waals surface area contributed by atoms with Crippen LogP contribution in [0.3, 0.4) is 0 Å². The Morgan fingerprint density at radius 2 is 1.65 bits per heavy atom. The van der Waals surface area contributed by atoms with Crippen LogP contribution in [0.5, 0.6) is 0 Å². The topological polar surface area (TPSA) is 32.3 Å². The largest absolute Gasteiger partial charge is 0.325 e. The average molecular weight is 310 g/mol. The van der Waals surface area contributed by atoms with E-state index >= 15 is 0 Å². The number of aryl methyl sites for hydroxylation is 1. The Balaban J connectivity index is 1.81. The molecule has 3 heteroatoms. The molecule has 2 rings (SSSR count). The van der Waals surface area contributed by atoms with E-state index in [2.05, 4.69) is 60.5 Å². The van der Waals surface area contributed by atoms with Gasteiger partial charge in [-0.2, -0.15) is 0 Å². The number of rotatable bonds is 8. The molecule has 0 spiro atoms. The summed E-state index contributed by atoms with van der Waals surface area (Å²) in [6.45, 7) is 6.41. The molecule has 0 unspecified atom stereocenters. The molecule has 0 bridgehead atoms. The highest BCUT2D eigenvalue weighted by molar-refractivity contribution is 5.92. The lowest BCUT2D eigenvalue weighted by Crippen LogP contribution is -2.34. The van der Waals surface area contributed by atoms with Crippen LogP contribution in [-0.4, -0.2) is 30.4 Å². The highest BCUT2D eigenvalue weighted by Gasteiger charge is 2.09. The van der Waals surface area contributed by atoms with Crippen molar-refractivity contribution >= 4 is 11.6 Å². The summed E-state index contributed by atoms with van der Waals surface area (Å²) in [5.74, 6) is 0.0455. The lowest BCUT2D eigenvalue weighted by Gasteiger charge is -2.20. The monoisotopic (exact) mass is 310 g/mol. The normalized spacial score (nSPS) is 10.7. The van der Waals surface area contributed by atoms with Crippen molar-refractivity contribution in [2.24, 2.45) is 0 Å². The summed E-state index contributed by atoms with van der Waals surface area (Å²) in [7, 11) is 0. The predicted octanol–water partition coefficient (Wildman–Crippen LogP) is 3.75. The SMILES string of the molecule is CCc1ccc(NC(=O)CN(CC)CCc2ccccc2)cc1. The molecule has 0 heterocycles. The fourth-order valence-electron chi connectivity index (χ4n) is 2.51. The molecule has 2 aromatic carbocycles. The molecule has 0 aromatic heterocycles. The maximum atomic E-state index is 12.2. The average Bonchev–Trinajstić information content (AvgIpc) is 2.60. The Labute approximate surface area is 139 Å². The molecule has 0 aliphatic rings. The van der Waals surface area contributed by atoms with Gasteiger partial charge in [-0.15, -0.1) is 0 Å². The smallest absolute Gasteiger partial charge is 0.238 e. The molecule has 2 aromatic rings. The number of carbonyl (C=O) groups excluding carboxylic acids is 1. The van der Waals surface area contributed by atoms with Crippen molar-refractivity contribution in [2.75, 3.05) is 25.0 Å². The van der Waals surface area contributed by atoms with Crippen LogP contribution >= 0.6 is 0 Å². The Morgan fingerprint density at radius 1 is 0.957 bits per heavy atom. The first-order valence-electron chi connectivity index (χ1n) is 8.36. The fourth-order valence-corrected chi connectivity index (χ4v) is 2.51. The van der Waals surface area contributed by atoms with Gasteiger partial charge in [-0.25, -0.2) is 0 Å². The minimum Gasteiger partial charge on any atom is -0.325 e. The number of benzene rings is 2. The lowest BCUT2D eigenvalue weighted by atomic mass is 10.1. The van der Waals surface area contributed by atoms with E-state index in [4.69, 9.17) is 0 Å². The highest BCUT2D eigenvalue weighted by atomic mass is 16.2. The standard InChI is InChI=1S/C20H26N2O/c1-3-17-10-12-19(13-11-17)21-20(23)16-22(4-2)15-14-18-8-6-5-7-9-18/h5-13H,3-4,14-16H2,1-2H3,(H,21,23). The van der Waals surface area contributed by atoms with Crippen molar-refractivity contribution in [3.63, 3.8) is 0 Å². The Bertz CT molecular complexity index is 593. The summed E-state index contributed by atoms with van der Waals surface area (Å²) in [5.41, 5.74) is 3.45. The van der Waals surface area contributed by atoms with E-state index in [1.165, 1.54) is 11.1 Å². The molecule has 0 fully saturated rings. The second-order valence-electron chi connectivity index (χ2n) is 5.70. The van der Waals surface area contributed by atoms with E-state index in [1.807, 2.05) is 18.2 Å². The molecule has 23 heavy (non-hydrogen) atoms. The minimum absolute atomic E-state index is 0.0455. The van der Waals surface area contributed by atoms with Crippen LogP contribution in [0.25, 0.3) is 0 Å². The molecule has 0 saturated heterocycles. The molecular formula is C20H26N2O. The third-order valence-electron chi connectivity index (χ3n) is 4.02. The number of nitrogens with one attached hydrogen (secondary N) is 1. The predicted molar refractivity (Wildman–Crippen MR) is 96.7 cm³/mol. The second kappa shape index (κ2) is 9.11. The number of hydrogen-bond donors (Lipinski definition) is 1. The van der Waals surface area contributed by atoms with Crippen molar-refractivity contribution in [3.05, 3.63) is 65.7 Å². The number of nitrogens with zero attached hydrogens (tertiary/aromatic N) is 1. The van der Waals surface area contributed by atoms with Gasteiger partial charge < -0.3 is 5.32 Å². The summed E-state index contributed by atoms with van der Waals surface area (Å²) >= 11 is 0. The summed E-state index contributed by atoms with van der Waals surface area (Å²) < 4.78 is 0. The van der Waals surface area contributed by atoms with Gasteiger partial charge in [0.05, 0.1) is 6.54 Å². The number of hydrogen-bond acceptors (Lipinski definition) is 2. The van der Waals surface area contributed by atoms with Crippen LogP contribution < -0.4 is 5.32 Å². The quantitative estimate of drug-likeness (QED) is 0.805. The number of likely N-dealkylation sites (N-methyl/N-ethyl adjacent to an activating group) is 1.